The van der Waals surface area contributed by atoms with Crippen LogP contribution in [0, 0.1) is 5.92 Å². The van der Waals surface area contributed by atoms with Gasteiger partial charge in [-0.1, -0.05) is 89.6 Å². The van der Waals surface area contributed by atoms with Crippen molar-refractivity contribution in [3.63, 3.8) is 0 Å². The Kier molecular flexibility index (Phi) is 5.18. The van der Waals surface area contributed by atoms with Crippen molar-refractivity contribution in [1.82, 2.24) is 0 Å². The van der Waals surface area contributed by atoms with Crippen molar-refractivity contribution in [2.45, 2.75) is 66.2 Å². The van der Waals surface area contributed by atoms with Crippen LogP contribution in [0.3, 0.4) is 0 Å². The highest BCUT2D eigenvalue weighted by molar-refractivity contribution is 5.81. The Morgan fingerprint density at radius 1 is 0.880 bits per heavy atom. The van der Waals surface area contributed by atoms with E-state index in [4.69, 9.17) is 0 Å². The lowest BCUT2D eigenvalue weighted by Gasteiger charge is -2.16. The molecule has 0 aliphatic heterocycles. The van der Waals surface area contributed by atoms with E-state index in [0.29, 0.717) is 17.8 Å². The first kappa shape index (κ1) is 18.0. The van der Waals surface area contributed by atoms with Gasteiger partial charge < -0.3 is 0 Å². The molecule has 0 radical (unpaired) electrons. The molecule has 132 valence electrons. The highest BCUT2D eigenvalue weighted by atomic mass is 14.2. The molecule has 0 heterocycles. The van der Waals surface area contributed by atoms with Crippen LogP contribution in [-0.2, 0) is 6.42 Å². The molecule has 1 aliphatic rings. The zero-order chi connectivity index (χ0) is 18.1. The smallest absolute Gasteiger partial charge is 0.00549 e. The number of benzene rings is 2. The Bertz CT molecular complexity index is 763. The number of fused-ring (bicyclic) bond motifs is 1. The molecule has 25 heavy (non-hydrogen) atoms. The molecular weight excluding hydrogens is 300 g/mol. The fourth-order valence-corrected chi connectivity index (χ4v) is 3.72. The molecule has 0 spiro atoms. The largest absolute Gasteiger partial charge is 0.0648 e. The lowest BCUT2D eigenvalue weighted by Crippen LogP contribution is -1.97. The summed E-state index contributed by atoms with van der Waals surface area (Å²) in [5.74, 6) is 1.79. The Labute approximate surface area is 154 Å². The van der Waals surface area contributed by atoms with E-state index < -0.39 is 0 Å². The summed E-state index contributed by atoms with van der Waals surface area (Å²) in [6.07, 6.45) is 4.81. The van der Waals surface area contributed by atoms with E-state index in [-0.39, 0.29) is 0 Å². The molecule has 1 unspecified atom stereocenters. The first-order valence-corrected chi connectivity index (χ1v) is 9.88. The molecule has 0 fully saturated rings. The van der Waals surface area contributed by atoms with Crippen LogP contribution in [0.1, 0.15) is 82.1 Å². The third-order valence-corrected chi connectivity index (χ3v) is 5.79. The zero-order valence-corrected chi connectivity index (χ0v) is 16.7. The number of hydrogen-bond acceptors (Lipinski definition) is 0. The summed E-state index contributed by atoms with van der Waals surface area (Å²) in [6, 6.07) is 14.0. The Hall–Kier alpha value is -1.82. The minimum Gasteiger partial charge on any atom is -0.0648 e. The van der Waals surface area contributed by atoms with Crippen molar-refractivity contribution in [3.05, 3.63) is 64.2 Å². The van der Waals surface area contributed by atoms with E-state index in [1.54, 1.807) is 5.57 Å². The lowest BCUT2D eigenvalue weighted by molar-refractivity contribution is 0.647. The second kappa shape index (κ2) is 7.20. The van der Waals surface area contributed by atoms with Gasteiger partial charge in [-0.05, 0) is 64.0 Å². The second-order valence-corrected chi connectivity index (χ2v) is 8.28. The molecule has 0 heteroatoms. The van der Waals surface area contributed by atoms with Gasteiger partial charge in [0.05, 0.1) is 0 Å². The Morgan fingerprint density at radius 3 is 2.08 bits per heavy atom. The molecule has 2 aromatic carbocycles. The van der Waals surface area contributed by atoms with E-state index in [2.05, 4.69) is 84.0 Å². The zero-order valence-electron chi connectivity index (χ0n) is 16.7. The summed E-state index contributed by atoms with van der Waals surface area (Å²) < 4.78 is 0. The van der Waals surface area contributed by atoms with Crippen LogP contribution >= 0.6 is 0 Å². The average molecular weight is 333 g/mol. The van der Waals surface area contributed by atoms with Gasteiger partial charge in [0, 0.05) is 0 Å². The van der Waals surface area contributed by atoms with Crippen LogP contribution < -0.4 is 0 Å². The molecule has 0 amide bonds. The van der Waals surface area contributed by atoms with Gasteiger partial charge in [-0.15, -0.1) is 0 Å². The van der Waals surface area contributed by atoms with Gasteiger partial charge in [-0.2, -0.15) is 0 Å². The lowest BCUT2D eigenvalue weighted by atomic mass is 9.89. The van der Waals surface area contributed by atoms with Crippen LogP contribution in [0.15, 0.2) is 42.0 Å². The van der Waals surface area contributed by atoms with Gasteiger partial charge in [0.2, 0.25) is 0 Å². The summed E-state index contributed by atoms with van der Waals surface area (Å²) in [5.41, 5.74) is 10.2. The first-order valence-electron chi connectivity index (χ1n) is 9.88. The molecule has 0 saturated carbocycles. The van der Waals surface area contributed by atoms with Crippen LogP contribution in [0.25, 0.3) is 17.2 Å². The normalized spacial score (nSPS) is 14.8. The summed E-state index contributed by atoms with van der Waals surface area (Å²) in [5, 5.41) is 0. The maximum absolute atomic E-state index is 2.47. The van der Waals surface area contributed by atoms with Crippen molar-refractivity contribution in [2.75, 3.05) is 0 Å². The van der Waals surface area contributed by atoms with Crippen molar-refractivity contribution in [3.8, 4) is 11.1 Å². The third kappa shape index (κ3) is 3.59. The number of hydrogen-bond donors (Lipinski definition) is 0. The maximum atomic E-state index is 2.47. The molecule has 0 aromatic heterocycles. The van der Waals surface area contributed by atoms with Crippen LogP contribution in [0.4, 0.5) is 0 Å². The van der Waals surface area contributed by atoms with E-state index in [0.717, 1.165) is 6.42 Å². The molecule has 2 aromatic rings. The molecule has 1 aliphatic carbocycles. The molecule has 0 saturated heterocycles. The summed E-state index contributed by atoms with van der Waals surface area (Å²) >= 11 is 0. The summed E-state index contributed by atoms with van der Waals surface area (Å²) in [6.45, 7) is 13.8. The quantitative estimate of drug-likeness (QED) is 0.529. The van der Waals surface area contributed by atoms with Gasteiger partial charge in [0.25, 0.3) is 0 Å². The van der Waals surface area contributed by atoms with Crippen LogP contribution in [-0.4, -0.2) is 0 Å². The summed E-state index contributed by atoms with van der Waals surface area (Å²) in [7, 11) is 0. The van der Waals surface area contributed by atoms with Crippen molar-refractivity contribution in [1.29, 1.82) is 0 Å². The second-order valence-electron chi connectivity index (χ2n) is 8.28. The monoisotopic (exact) mass is 332 g/mol. The highest BCUT2D eigenvalue weighted by Gasteiger charge is 2.20. The first-order chi connectivity index (χ1) is 11.9. The molecule has 1 atom stereocenters. The van der Waals surface area contributed by atoms with Crippen molar-refractivity contribution >= 4 is 6.08 Å². The van der Waals surface area contributed by atoms with Gasteiger partial charge in [0.1, 0.15) is 0 Å². The topological polar surface area (TPSA) is 0 Å². The molecule has 0 nitrogen and oxygen atoms in total. The minimum atomic E-state index is 0.556. The predicted octanol–water partition coefficient (Wildman–Crippen LogP) is 7.59. The fraction of sp³-hybridized carbons (Fsp3) is 0.440. The molecule has 3 rings (SSSR count). The van der Waals surface area contributed by atoms with Gasteiger partial charge >= 0.3 is 0 Å². The number of allylic oxidation sites excluding steroid dienone is 1. The Morgan fingerprint density at radius 2 is 1.52 bits per heavy atom. The minimum absolute atomic E-state index is 0.556. The Balaban J connectivity index is 2.13. The van der Waals surface area contributed by atoms with Gasteiger partial charge in [-0.3, -0.25) is 0 Å². The molecule has 0 N–H and O–H groups in total. The highest BCUT2D eigenvalue weighted by Crippen LogP contribution is 2.38. The fourth-order valence-electron chi connectivity index (χ4n) is 3.72. The van der Waals surface area contributed by atoms with Crippen molar-refractivity contribution in [2.24, 2.45) is 5.92 Å². The van der Waals surface area contributed by atoms with Gasteiger partial charge in [-0.25, -0.2) is 0 Å². The average Bonchev–Trinajstić information content (AvgIpc) is 3.04. The van der Waals surface area contributed by atoms with E-state index in [9.17, 15) is 0 Å². The molecular formula is C25H32. The predicted molar refractivity (Wildman–Crippen MR) is 111 cm³/mol. The van der Waals surface area contributed by atoms with Crippen molar-refractivity contribution < 1.29 is 0 Å². The SMILES string of the molecule is CCC(C)C1=Cc2c(cccc2-c2cc(C(C)C)cc(C(C)C)c2)C1. The standard InChI is InChI=1S/C25H32/c1-7-18(6)22-11-19-9-8-10-24(25(19)15-22)23-13-20(16(2)3)12-21(14-23)17(4)5/h8-10,12-18H,7,11H2,1-6H3. The van der Waals surface area contributed by atoms with E-state index in [1.807, 2.05) is 0 Å². The summed E-state index contributed by atoms with van der Waals surface area (Å²) in [4.78, 5) is 0. The van der Waals surface area contributed by atoms with Crippen LogP contribution in [0.2, 0.25) is 0 Å². The number of rotatable bonds is 5. The molecule has 0 bridgehead atoms. The third-order valence-electron chi connectivity index (χ3n) is 5.79. The van der Waals surface area contributed by atoms with Crippen LogP contribution in [0.5, 0.6) is 0 Å². The van der Waals surface area contributed by atoms with E-state index >= 15 is 0 Å². The maximum Gasteiger partial charge on any atom is -0.00549 e. The van der Waals surface area contributed by atoms with Gasteiger partial charge in [0.15, 0.2) is 0 Å². The van der Waals surface area contributed by atoms with E-state index in [1.165, 1.54) is 39.8 Å².